The maximum Gasteiger partial charge on any atom is 0.327 e. The molecule has 138 valence electrons. The average molecular weight is 366 g/mol. The van der Waals surface area contributed by atoms with E-state index in [2.05, 4.69) is 5.32 Å². The van der Waals surface area contributed by atoms with Crippen LogP contribution in [-0.4, -0.2) is 41.9 Å². The minimum absolute atomic E-state index is 0.279. The molecule has 1 N–H and O–H groups in total. The summed E-state index contributed by atoms with van der Waals surface area (Å²) in [4.78, 5) is 49.1. The summed E-state index contributed by atoms with van der Waals surface area (Å²) >= 11 is 0. The van der Waals surface area contributed by atoms with E-state index in [-0.39, 0.29) is 17.7 Å². The lowest BCUT2D eigenvalue weighted by molar-refractivity contribution is -0.145. The summed E-state index contributed by atoms with van der Waals surface area (Å²) in [5.74, 6) is -2.18. The van der Waals surface area contributed by atoms with E-state index in [1.807, 2.05) is 19.9 Å². The van der Waals surface area contributed by atoms with Crippen LogP contribution in [0.25, 0.3) is 0 Å². The van der Waals surface area contributed by atoms with Gasteiger partial charge in [0, 0.05) is 5.56 Å². The van der Waals surface area contributed by atoms with E-state index in [0.717, 1.165) is 16.0 Å². The molecule has 2 aromatic rings. The van der Waals surface area contributed by atoms with Gasteiger partial charge in [-0.2, -0.15) is 0 Å². The van der Waals surface area contributed by atoms with Crippen molar-refractivity contribution in [3.8, 4) is 0 Å². The summed E-state index contributed by atoms with van der Waals surface area (Å²) in [5.41, 5.74) is 3.03. The molecule has 0 aromatic heterocycles. The summed E-state index contributed by atoms with van der Waals surface area (Å²) in [6, 6.07) is 11.6. The highest BCUT2D eigenvalue weighted by atomic mass is 16.5. The van der Waals surface area contributed by atoms with E-state index in [9.17, 15) is 19.2 Å². The molecule has 0 bridgehead atoms. The molecular formula is C20H18N2O5. The summed E-state index contributed by atoms with van der Waals surface area (Å²) in [6.07, 6.45) is 0. The molecule has 0 fully saturated rings. The van der Waals surface area contributed by atoms with Crippen LogP contribution in [0.5, 0.6) is 0 Å². The van der Waals surface area contributed by atoms with Crippen molar-refractivity contribution in [1.82, 2.24) is 10.2 Å². The number of nitrogens with one attached hydrogen (secondary N) is 1. The third kappa shape index (κ3) is 3.72. The molecule has 7 heteroatoms. The highest BCUT2D eigenvalue weighted by Gasteiger charge is 2.35. The Morgan fingerprint density at radius 1 is 0.963 bits per heavy atom. The second kappa shape index (κ2) is 7.41. The normalized spacial score (nSPS) is 12.7. The molecule has 0 saturated heterocycles. The molecule has 1 aliphatic heterocycles. The molecule has 0 spiro atoms. The topological polar surface area (TPSA) is 92.8 Å². The second-order valence-electron chi connectivity index (χ2n) is 6.21. The number of esters is 1. The number of nitrogens with zero attached hydrogens (tertiary/aromatic N) is 1. The van der Waals surface area contributed by atoms with Crippen LogP contribution in [0.2, 0.25) is 0 Å². The zero-order valence-electron chi connectivity index (χ0n) is 14.9. The number of ether oxygens (including phenoxy) is 1. The van der Waals surface area contributed by atoms with Gasteiger partial charge in [0.15, 0.2) is 6.73 Å². The lowest BCUT2D eigenvalue weighted by atomic mass is 10.1. The van der Waals surface area contributed by atoms with Gasteiger partial charge in [-0.15, -0.1) is 0 Å². The fraction of sp³-hybridized carbons (Fsp3) is 0.200. The number of carbonyl (C=O) groups is 4. The maximum absolute atomic E-state index is 12.2. The molecule has 7 nitrogen and oxygen atoms in total. The Balaban J connectivity index is 1.52. The number of hydrogen-bond donors (Lipinski definition) is 1. The highest BCUT2D eigenvalue weighted by Crippen LogP contribution is 2.22. The molecule has 0 radical (unpaired) electrons. The third-order valence-electron chi connectivity index (χ3n) is 4.40. The van der Waals surface area contributed by atoms with Crippen molar-refractivity contribution < 1.29 is 23.9 Å². The van der Waals surface area contributed by atoms with Gasteiger partial charge in [0.1, 0.15) is 6.54 Å². The lowest BCUT2D eigenvalue weighted by Crippen LogP contribution is -2.36. The van der Waals surface area contributed by atoms with Gasteiger partial charge in [-0.1, -0.05) is 18.2 Å². The van der Waals surface area contributed by atoms with E-state index in [1.54, 1.807) is 36.4 Å². The SMILES string of the molecule is Cc1ccc(C(=O)NCC(=O)OCN2C(=O)c3ccccc3C2=O)cc1C. The third-order valence-corrected chi connectivity index (χ3v) is 4.40. The zero-order chi connectivity index (χ0) is 19.6. The van der Waals surface area contributed by atoms with E-state index < -0.39 is 30.4 Å². The maximum atomic E-state index is 12.2. The van der Waals surface area contributed by atoms with Crippen LogP contribution in [0.3, 0.4) is 0 Å². The number of benzene rings is 2. The number of fused-ring (bicyclic) bond motifs is 1. The van der Waals surface area contributed by atoms with Crippen LogP contribution in [-0.2, 0) is 9.53 Å². The van der Waals surface area contributed by atoms with Crippen molar-refractivity contribution in [2.24, 2.45) is 0 Å². The number of imide groups is 1. The van der Waals surface area contributed by atoms with E-state index in [1.165, 1.54) is 0 Å². The van der Waals surface area contributed by atoms with Crippen LogP contribution in [0.4, 0.5) is 0 Å². The first kappa shape index (κ1) is 18.3. The van der Waals surface area contributed by atoms with Gasteiger partial charge in [0.2, 0.25) is 0 Å². The molecule has 1 aliphatic rings. The lowest BCUT2D eigenvalue weighted by Gasteiger charge is -2.14. The average Bonchev–Trinajstić information content (AvgIpc) is 2.91. The molecule has 3 amide bonds. The van der Waals surface area contributed by atoms with Gasteiger partial charge in [-0.3, -0.25) is 19.2 Å². The monoisotopic (exact) mass is 366 g/mol. The standard InChI is InChI=1S/C20H18N2O5/c1-12-7-8-14(9-13(12)2)18(24)21-10-17(23)27-11-22-19(25)15-5-3-4-6-16(15)20(22)26/h3-9H,10-11H2,1-2H3,(H,21,24). The molecule has 0 atom stereocenters. The number of rotatable bonds is 5. The first-order chi connectivity index (χ1) is 12.9. The van der Waals surface area contributed by atoms with Gasteiger partial charge < -0.3 is 10.1 Å². The minimum Gasteiger partial charge on any atom is -0.442 e. The number of amides is 3. The molecule has 0 unspecified atom stereocenters. The van der Waals surface area contributed by atoms with Crippen LogP contribution < -0.4 is 5.32 Å². The van der Waals surface area contributed by atoms with Gasteiger partial charge >= 0.3 is 5.97 Å². The van der Waals surface area contributed by atoms with Crippen LogP contribution in [0, 0.1) is 13.8 Å². The molecule has 0 saturated carbocycles. The van der Waals surface area contributed by atoms with Crippen molar-refractivity contribution in [1.29, 1.82) is 0 Å². The molecule has 1 heterocycles. The van der Waals surface area contributed by atoms with Gasteiger partial charge in [0.05, 0.1) is 11.1 Å². The second-order valence-corrected chi connectivity index (χ2v) is 6.21. The summed E-state index contributed by atoms with van der Waals surface area (Å²) in [5, 5.41) is 2.46. The first-order valence-corrected chi connectivity index (χ1v) is 8.35. The summed E-state index contributed by atoms with van der Waals surface area (Å²) in [7, 11) is 0. The Hall–Kier alpha value is -3.48. The smallest absolute Gasteiger partial charge is 0.327 e. The Labute approximate surface area is 155 Å². The van der Waals surface area contributed by atoms with Crippen molar-refractivity contribution in [2.45, 2.75) is 13.8 Å². The van der Waals surface area contributed by atoms with Gasteiger partial charge in [-0.25, -0.2) is 4.90 Å². The number of hydrogen-bond acceptors (Lipinski definition) is 5. The Morgan fingerprint density at radius 2 is 1.59 bits per heavy atom. The molecule has 3 rings (SSSR count). The fourth-order valence-corrected chi connectivity index (χ4v) is 2.68. The fourth-order valence-electron chi connectivity index (χ4n) is 2.68. The Kier molecular flexibility index (Phi) is 5.03. The Morgan fingerprint density at radius 3 is 2.19 bits per heavy atom. The summed E-state index contributed by atoms with van der Waals surface area (Å²) < 4.78 is 4.96. The van der Waals surface area contributed by atoms with Crippen LogP contribution in [0.15, 0.2) is 42.5 Å². The van der Waals surface area contributed by atoms with E-state index >= 15 is 0 Å². The molecule has 0 aliphatic carbocycles. The van der Waals surface area contributed by atoms with Crippen LogP contribution in [0.1, 0.15) is 42.2 Å². The number of aryl methyl sites for hydroxylation is 2. The van der Waals surface area contributed by atoms with Crippen molar-refractivity contribution in [3.63, 3.8) is 0 Å². The quantitative estimate of drug-likeness (QED) is 0.644. The predicted octanol–water partition coefficient (Wildman–Crippen LogP) is 1.83. The summed E-state index contributed by atoms with van der Waals surface area (Å²) in [6.45, 7) is 2.97. The van der Waals surface area contributed by atoms with Gasteiger partial charge in [0.25, 0.3) is 17.7 Å². The van der Waals surface area contributed by atoms with E-state index in [0.29, 0.717) is 5.56 Å². The highest BCUT2D eigenvalue weighted by molar-refractivity contribution is 6.21. The van der Waals surface area contributed by atoms with E-state index in [4.69, 9.17) is 4.74 Å². The number of carbonyl (C=O) groups excluding carboxylic acids is 4. The Bertz CT molecular complexity index is 916. The van der Waals surface area contributed by atoms with Crippen molar-refractivity contribution in [3.05, 3.63) is 70.3 Å². The molecular weight excluding hydrogens is 348 g/mol. The van der Waals surface area contributed by atoms with Crippen molar-refractivity contribution in [2.75, 3.05) is 13.3 Å². The molecule has 2 aromatic carbocycles. The largest absolute Gasteiger partial charge is 0.442 e. The molecule has 27 heavy (non-hydrogen) atoms. The predicted molar refractivity (Wildman–Crippen MR) is 96.2 cm³/mol. The van der Waals surface area contributed by atoms with Gasteiger partial charge in [-0.05, 0) is 49.2 Å². The van der Waals surface area contributed by atoms with Crippen molar-refractivity contribution >= 4 is 23.7 Å². The zero-order valence-corrected chi connectivity index (χ0v) is 14.9. The minimum atomic E-state index is -0.747. The first-order valence-electron chi connectivity index (χ1n) is 8.35. The van der Waals surface area contributed by atoms with Crippen LogP contribution >= 0.6 is 0 Å².